The van der Waals surface area contributed by atoms with E-state index in [9.17, 15) is 9.90 Å². The first-order valence-electron chi connectivity index (χ1n) is 14.4. The van der Waals surface area contributed by atoms with E-state index in [1.807, 2.05) is 46.8 Å². The van der Waals surface area contributed by atoms with Crippen LogP contribution in [-0.4, -0.2) is 55.7 Å². The Bertz CT molecular complexity index is 1050. The number of ether oxygens (including phenoxy) is 3. The fraction of sp³-hybridized carbons (Fsp3) is 0.545. The van der Waals surface area contributed by atoms with E-state index in [4.69, 9.17) is 18.6 Å². The summed E-state index contributed by atoms with van der Waals surface area (Å²) in [6, 6.07) is 21.0. The second-order valence-corrected chi connectivity index (χ2v) is 17.0. The summed E-state index contributed by atoms with van der Waals surface area (Å²) in [6.07, 6.45) is 2.72. The highest BCUT2D eigenvalue weighted by Gasteiger charge is 2.53. The van der Waals surface area contributed by atoms with Gasteiger partial charge in [-0.3, -0.25) is 0 Å². The third-order valence-electron chi connectivity index (χ3n) is 7.17. The van der Waals surface area contributed by atoms with Crippen molar-refractivity contribution in [2.24, 2.45) is 0 Å². The highest BCUT2D eigenvalue weighted by molar-refractivity contribution is 6.99. The van der Waals surface area contributed by atoms with Gasteiger partial charge >= 0.3 is 5.97 Å². The van der Waals surface area contributed by atoms with E-state index in [1.54, 1.807) is 6.08 Å². The van der Waals surface area contributed by atoms with Gasteiger partial charge in [-0.05, 0) is 62.9 Å². The molecule has 0 bridgehead atoms. The van der Waals surface area contributed by atoms with Gasteiger partial charge in [-0.1, -0.05) is 87.5 Å². The van der Waals surface area contributed by atoms with Gasteiger partial charge in [0.2, 0.25) is 0 Å². The summed E-state index contributed by atoms with van der Waals surface area (Å²) < 4.78 is 24.9. The van der Waals surface area contributed by atoms with Gasteiger partial charge in [0.25, 0.3) is 8.32 Å². The molecular weight excluding hydrogens is 520 g/mol. The molecule has 1 heterocycles. The second-order valence-electron chi connectivity index (χ2n) is 12.8. The van der Waals surface area contributed by atoms with Crippen molar-refractivity contribution in [3.63, 3.8) is 0 Å². The predicted octanol–water partition coefficient (Wildman–Crippen LogP) is 5.51. The number of aliphatic hydroxyl groups is 1. The van der Waals surface area contributed by atoms with Crippen LogP contribution in [0.5, 0.6) is 0 Å². The molecule has 2 aromatic carbocycles. The number of hydrogen-bond donors (Lipinski definition) is 1. The third kappa shape index (κ3) is 8.36. The summed E-state index contributed by atoms with van der Waals surface area (Å²) in [4.78, 5) is 11.9. The third-order valence-corrected chi connectivity index (χ3v) is 12.2. The van der Waals surface area contributed by atoms with Crippen LogP contribution in [0.2, 0.25) is 5.04 Å². The first-order valence-corrected chi connectivity index (χ1v) is 16.3. The van der Waals surface area contributed by atoms with Crippen molar-refractivity contribution in [1.82, 2.24) is 0 Å². The molecule has 40 heavy (non-hydrogen) atoms. The van der Waals surface area contributed by atoms with Crippen LogP contribution in [0.1, 0.15) is 74.7 Å². The van der Waals surface area contributed by atoms with Gasteiger partial charge in [-0.15, -0.1) is 0 Å². The maximum atomic E-state index is 11.9. The Hall–Kier alpha value is -2.29. The molecule has 7 heteroatoms. The zero-order chi connectivity index (χ0) is 29.6. The minimum absolute atomic E-state index is 0.163. The van der Waals surface area contributed by atoms with E-state index in [1.165, 1.54) is 16.4 Å². The maximum Gasteiger partial charge on any atom is 0.330 e. The van der Waals surface area contributed by atoms with Gasteiger partial charge < -0.3 is 23.7 Å². The number of aliphatic hydroxyl groups excluding tert-OH is 1. The molecule has 1 unspecified atom stereocenters. The molecule has 2 aromatic rings. The van der Waals surface area contributed by atoms with E-state index in [2.05, 4.69) is 69.3 Å². The van der Waals surface area contributed by atoms with Crippen molar-refractivity contribution in [3.8, 4) is 0 Å². The minimum atomic E-state index is -2.79. The molecule has 0 aliphatic carbocycles. The number of benzene rings is 2. The van der Waals surface area contributed by atoms with E-state index < -0.39 is 26.3 Å². The number of esters is 1. The normalized spacial score (nSPS) is 23.2. The Labute approximate surface area is 241 Å². The van der Waals surface area contributed by atoms with E-state index in [0.29, 0.717) is 19.3 Å². The van der Waals surface area contributed by atoms with Gasteiger partial charge in [0.05, 0.1) is 18.3 Å². The number of rotatable bonds is 10. The summed E-state index contributed by atoms with van der Waals surface area (Å²) in [7, 11) is -2.79. The topological polar surface area (TPSA) is 74.2 Å². The minimum Gasteiger partial charge on any atom is -0.457 e. The molecule has 0 aromatic heterocycles. The lowest BCUT2D eigenvalue weighted by Crippen LogP contribution is -2.69. The van der Waals surface area contributed by atoms with Crippen LogP contribution < -0.4 is 10.4 Å². The number of allylic oxidation sites excluding steroid dienone is 1. The quantitative estimate of drug-likeness (QED) is 0.231. The van der Waals surface area contributed by atoms with E-state index >= 15 is 0 Å². The average Bonchev–Trinajstić information content (AvgIpc) is 2.87. The van der Waals surface area contributed by atoms with Crippen LogP contribution in [0.25, 0.3) is 0 Å². The highest BCUT2D eigenvalue weighted by atomic mass is 28.4. The smallest absolute Gasteiger partial charge is 0.330 e. The molecule has 0 amide bonds. The SMILES string of the molecule is CC(CCC=CC(=O)OC(C)(C)C)O[C@@H]1O[C@@H](C)[C@H](O[Si](c2ccccc2)(c2ccccc2)C(C)(C)C)C[C@H]1O. The Kier molecular flexibility index (Phi) is 10.9. The Morgan fingerprint density at radius 2 is 1.57 bits per heavy atom. The number of hydrogen-bond acceptors (Lipinski definition) is 6. The summed E-state index contributed by atoms with van der Waals surface area (Å²) in [5, 5.41) is 13.3. The van der Waals surface area contributed by atoms with E-state index in [0.717, 1.165) is 0 Å². The summed E-state index contributed by atoms with van der Waals surface area (Å²) in [6.45, 7) is 16.2. The van der Waals surface area contributed by atoms with Crippen molar-refractivity contribution < 1.29 is 28.5 Å². The molecule has 3 rings (SSSR count). The summed E-state index contributed by atoms with van der Waals surface area (Å²) in [5.41, 5.74) is -0.512. The molecule has 0 radical (unpaired) electrons. The molecule has 1 fully saturated rings. The summed E-state index contributed by atoms with van der Waals surface area (Å²) in [5.74, 6) is -0.354. The first kappa shape index (κ1) is 32.2. The zero-order valence-corrected chi connectivity index (χ0v) is 26.4. The Balaban J connectivity index is 1.69. The Morgan fingerprint density at radius 1 is 1.02 bits per heavy atom. The zero-order valence-electron chi connectivity index (χ0n) is 25.4. The first-order chi connectivity index (χ1) is 18.7. The van der Waals surface area contributed by atoms with Gasteiger partial charge in [-0.25, -0.2) is 4.79 Å². The Morgan fingerprint density at radius 3 is 2.08 bits per heavy atom. The molecule has 1 aliphatic heterocycles. The molecule has 5 atom stereocenters. The van der Waals surface area contributed by atoms with Crippen LogP contribution in [0.15, 0.2) is 72.8 Å². The van der Waals surface area contributed by atoms with Crippen molar-refractivity contribution in [1.29, 1.82) is 0 Å². The van der Waals surface area contributed by atoms with Crippen molar-refractivity contribution >= 4 is 24.7 Å². The molecule has 0 saturated carbocycles. The lowest BCUT2D eigenvalue weighted by atomic mass is 10.0. The fourth-order valence-electron chi connectivity index (χ4n) is 5.26. The summed E-state index contributed by atoms with van der Waals surface area (Å²) >= 11 is 0. The van der Waals surface area contributed by atoms with Gasteiger partial charge in [0.15, 0.2) is 6.29 Å². The maximum absolute atomic E-state index is 11.9. The highest BCUT2D eigenvalue weighted by Crippen LogP contribution is 2.39. The predicted molar refractivity (Wildman–Crippen MR) is 162 cm³/mol. The monoisotopic (exact) mass is 568 g/mol. The molecule has 0 spiro atoms. The van der Waals surface area contributed by atoms with Crippen LogP contribution in [0.4, 0.5) is 0 Å². The van der Waals surface area contributed by atoms with Crippen molar-refractivity contribution in [2.75, 3.05) is 0 Å². The van der Waals surface area contributed by atoms with Gasteiger partial charge in [0.1, 0.15) is 11.7 Å². The molecule has 6 nitrogen and oxygen atoms in total. The van der Waals surface area contributed by atoms with Gasteiger partial charge in [0, 0.05) is 12.5 Å². The lowest BCUT2D eigenvalue weighted by molar-refractivity contribution is -0.271. The lowest BCUT2D eigenvalue weighted by Gasteiger charge is -2.48. The second kappa shape index (κ2) is 13.6. The molecule has 1 saturated heterocycles. The van der Waals surface area contributed by atoms with Crippen LogP contribution >= 0.6 is 0 Å². The number of carbonyl (C=O) groups excluding carboxylic acids is 1. The van der Waals surface area contributed by atoms with Crippen molar-refractivity contribution in [2.45, 2.75) is 116 Å². The molecule has 1 N–H and O–H groups in total. The molecule has 220 valence electrons. The van der Waals surface area contributed by atoms with Crippen molar-refractivity contribution in [3.05, 3.63) is 72.8 Å². The molecule has 1 aliphatic rings. The fourth-order valence-corrected chi connectivity index (χ4v) is 10.0. The van der Waals surface area contributed by atoms with Gasteiger partial charge in [-0.2, -0.15) is 0 Å². The largest absolute Gasteiger partial charge is 0.457 e. The van der Waals surface area contributed by atoms with Crippen LogP contribution in [-0.2, 0) is 23.4 Å². The average molecular weight is 569 g/mol. The van der Waals surface area contributed by atoms with E-state index in [-0.39, 0.29) is 29.3 Å². The standard InChI is InChI=1S/C33H48O6Si/c1-24(17-15-16-22-30(35)38-32(3,4)5)36-31-28(34)23-29(25(2)37-31)39-40(33(6,7)8,26-18-11-9-12-19-26)27-20-13-10-14-21-27/h9-14,16,18-22,24-25,28-29,31,34H,15,17,23H2,1-8H3/t24?,25-,28+,29+,31+/m0/s1. The van der Waals surface area contributed by atoms with Crippen LogP contribution in [0, 0.1) is 0 Å². The molecular formula is C33H48O6Si. The van der Waals surface area contributed by atoms with Crippen LogP contribution in [0.3, 0.4) is 0 Å². The number of carbonyl (C=O) groups is 1.